The molecule has 1 aliphatic carbocycles. The van der Waals surface area contributed by atoms with Gasteiger partial charge in [-0.1, -0.05) is 32.9 Å². The van der Waals surface area contributed by atoms with Crippen LogP contribution in [-0.4, -0.2) is 6.29 Å². The topological polar surface area (TPSA) is 17.1 Å². The SMILES string of the molecule is CC1C=CC(C)C(C)(C=O)C1. The van der Waals surface area contributed by atoms with Gasteiger partial charge in [-0.15, -0.1) is 0 Å². The lowest BCUT2D eigenvalue weighted by molar-refractivity contribution is -0.118. The summed E-state index contributed by atoms with van der Waals surface area (Å²) >= 11 is 0. The fourth-order valence-electron chi connectivity index (χ4n) is 1.68. The average molecular weight is 152 g/mol. The van der Waals surface area contributed by atoms with Crippen LogP contribution in [0.25, 0.3) is 0 Å². The maximum Gasteiger partial charge on any atom is 0.126 e. The predicted molar refractivity (Wildman–Crippen MR) is 46.3 cm³/mol. The van der Waals surface area contributed by atoms with Crippen molar-refractivity contribution in [3.63, 3.8) is 0 Å². The van der Waals surface area contributed by atoms with Crippen molar-refractivity contribution in [2.45, 2.75) is 27.2 Å². The van der Waals surface area contributed by atoms with Crippen molar-refractivity contribution in [1.29, 1.82) is 0 Å². The third kappa shape index (κ3) is 1.52. The van der Waals surface area contributed by atoms with Gasteiger partial charge in [-0.2, -0.15) is 0 Å². The Hall–Kier alpha value is -0.590. The Morgan fingerprint density at radius 2 is 2.09 bits per heavy atom. The zero-order chi connectivity index (χ0) is 8.48. The van der Waals surface area contributed by atoms with Crippen molar-refractivity contribution in [1.82, 2.24) is 0 Å². The van der Waals surface area contributed by atoms with Crippen LogP contribution < -0.4 is 0 Å². The van der Waals surface area contributed by atoms with Crippen LogP contribution in [0, 0.1) is 17.3 Å². The third-order valence-corrected chi connectivity index (χ3v) is 2.80. The number of hydrogen-bond acceptors (Lipinski definition) is 1. The van der Waals surface area contributed by atoms with E-state index in [0.29, 0.717) is 11.8 Å². The molecule has 0 spiro atoms. The molecule has 0 aromatic rings. The molecule has 1 nitrogen and oxygen atoms in total. The van der Waals surface area contributed by atoms with Crippen molar-refractivity contribution in [3.05, 3.63) is 12.2 Å². The summed E-state index contributed by atoms with van der Waals surface area (Å²) in [7, 11) is 0. The van der Waals surface area contributed by atoms with E-state index in [1.165, 1.54) is 0 Å². The summed E-state index contributed by atoms with van der Waals surface area (Å²) in [4.78, 5) is 10.8. The van der Waals surface area contributed by atoms with Crippen LogP contribution in [0.3, 0.4) is 0 Å². The molecule has 0 heterocycles. The van der Waals surface area contributed by atoms with Gasteiger partial charge in [-0.05, 0) is 18.3 Å². The molecular weight excluding hydrogens is 136 g/mol. The van der Waals surface area contributed by atoms with Crippen molar-refractivity contribution < 1.29 is 4.79 Å². The highest BCUT2D eigenvalue weighted by Crippen LogP contribution is 2.37. The molecule has 0 radical (unpaired) electrons. The lowest BCUT2D eigenvalue weighted by Crippen LogP contribution is -2.30. The van der Waals surface area contributed by atoms with Gasteiger partial charge in [-0.3, -0.25) is 0 Å². The van der Waals surface area contributed by atoms with Gasteiger partial charge in [-0.25, -0.2) is 0 Å². The molecule has 0 fully saturated rings. The second-order valence-corrected chi connectivity index (χ2v) is 3.98. The maximum atomic E-state index is 10.8. The summed E-state index contributed by atoms with van der Waals surface area (Å²) < 4.78 is 0. The molecule has 0 saturated carbocycles. The van der Waals surface area contributed by atoms with Gasteiger partial charge in [0.05, 0.1) is 0 Å². The Balaban J connectivity index is 2.82. The first-order valence-electron chi connectivity index (χ1n) is 4.23. The fraction of sp³-hybridized carbons (Fsp3) is 0.700. The van der Waals surface area contributed by atoms with E-state index < -0.39 is 0 Å². The molecule has 0 N–H and O–H groups in total. The monoisotopic (exact) mass is 152 g/mol. The van der Waals surface area contributed by atoms with Crippen LogP contribution in [0.15, 0.2) is 12.2 Å². The van der Waals surface area contributed by atoms with E-state index in [-0.39, 0.29) is 5.41 Å². The van der Waals surface area contributed by atoms with Crippen molar-refractivity contribution in [3.8, 4) is 0 Å². The Labute approximate surface area is 68.5 Å². The molecule has 0 aromatic heterocycles. The molecule has 3 atom stereocenters. The molecule has 11 heavy (non-hydrogen) atoms. The first-order valence-corrected chi connectivity index (χ1v) is 4.23. The minimum atomic E-state index is -0.117. The van der Waals surface area contributed by atoms with Crippen LogP contribution >= 0.6 is 0 Å². The molecule has 0 amide bonds. The van der Waals surface area contributed by atoms with Crippen molar-refractivity contribution in [2.24, 2.45) is 17.3 Å². The van der Waals surface area contributed by atoms with Gasteiger partial charge in [0, 0.05) is 5.41 Å². The molecule has 3 unspecified atom stereocenters. The predicted octanol–water partition coefficient (Wildman–Crippen LogP) is 2.42. The van der Waals surface area contributed by atoms with E-state index in [4.69, 9.17) is 0 Å². The first kappa shape index (κ1) is 8.51. The summed E-state index contributed by atoms with van der Waals surface area (Å²) in [6.45, 7) is 6.31. The van der Waals surface area contributed by atoms with Gasteiger partial charge in [0.1, 0.15) is 6.29 Å². The fourth-order valence-corrected chi connectivity index (χ4v) is 1.68. The van der Waals surface area contributed by atoms with Gasteiger partial charge >= 0.3 is 0 Å². The lowest BCUT2D eigenvalue weighted by atomic mass is 9.70. The molecule has 1 rings (SSSR count). The van der Waals surface area contributed by atoms with Crippen molar-refractivity contribution in [2.75, 3.05) is 0 Å². The van der Waals surface area contributed by atoms with Crippen LogP contribution in [0.4, 0.5) is 0 Å². The van der Waals surface area contributed by atoms with E-state index in [2.05, 4.69) is 26.0 Å². The zero-order valence-electron chi connectivity index (χ0n) is 7.50. The van der Waals surface area contributed by atoms with Gasteiger partial charge in [0.25, 0.3) is 0 Å². The number of rotatable bonds is 1. The van der Waals surface area contributed by atoms with Gasteiger partial charge < -0.3 is 4.79 Å². The molecule has 0 aromatic carbocycles. The van der Waals surface area contributed by atoms with E-state index in [0.717, 1.165) is 12.7 Å². The summed E-state index contributed by atoms with van der Waals surface area (Å²) in [5, 5.41) is 0. The Kier molecular flexibility index (Phi) is 2.17. The summed E-state index contributed by atoms with van der Waals surface area (Å²) in [6, 6.07) is 0. The maximum absolute atomic E-state index is 10.8. The average Bonchev–Trinajstić information content (AvgIpc) is 1.98. The number of allylic oxidation sites excluding steroid dienone is 2. The summed E-state index contributed by atoms with van der Waals surface area (Å²) in [5.41, 5.74) is -0.117. The smallest absolute Gasteiger partial charge is 0.126 e. The van der Waals surface area contributed by atoms with E-state index in [1.807, 2.05) is 6.92 Å². The standard InChI is InChI=1S/C10H16O/c1-8-4-5-9(2)10(3,6-8)7-11/h4-5,7-9H,6H2,1-3H3. The quantitative estimate of drug-likeness (QED) is 0.416. The minimum Gasteiger partial charge on any atom is -0.303 e. The minimum absolute atomic E-state index is 0.117. The van der Waals surface area contributed by atoms with Crippen LogP contribution in [-0.2, 0) is 4.79 Å². The van der Waals surface area contributed by atoms with Crippen LogP contribution in [0.5, 0.6) is 0 Å². The Bertz CT molecular complexity index is 183. The molecule has 1 heteroatoms. The molecule has 62 valence electrons. The van der Waals surface area contributed by atoms with Gasteiger partial charge in [0.15, 0.2) is 0 Å². The second-order valence-electron chi connectivity index (χ2n) is 3.98. The van der Waals surface area contributed by atoms with Crippen molar-refractivity contribution >= 4 is 6.29 Å². The van der Waals surface area contributed by atoms with Gasteiger partial charge in [0.2, 0.25) is 0 Å². The second kappa shape index (κ2) is 2.80. The highest BCUT2D eigenvalue weighted by atomic mass is 16.1. The van der Waals surface area contributed by atoms with E-state index in [1.54, 1.807) is 0 Å². The summed E-state index contributed by atoms with van der Waals surface area (Å²) in [5.74, 6) is 0.956. The van der Waals surface area contributed by atoms with Crippen LogP contribution in [0.1, 0.15) is 27.2 Å². The molecule has 0 saturated heterocycles. The van der Waals surface area contributed by atoms with E-state index >= 15 is 0 Å². The molecular formula is C10H16O. The first-order chi connectivity index (χ1) is 5.08. The number of hydrogen-bond donors (Lipinski definition) is 0. The zero-order valence-corrected chi connectivity index (χ0v) is 7.50. The number of aldehydes is 1. The normalized spacial score (nSPS) is 43.9. The molecule has 0 aliphatic heterocycles. The number of carbonyl (C=O) groups excluding carboxylic acids is 1. The highest BCUT2D eigenvalue weighted by molar-refractivity contribution is 5.60. The lowest BCUT2D eigenvalue weighted by Gasteiger charge is -2.33. The number of carbonyl (C=O) groups is 1. The Morgan fingerprint density at radius 3 is 2.55 bits per heavy atom. The molecule has 0 bridgehead atoms. The summed E-state index contributed by atoms with van der Waals surface area (Å²) in [6.07, 6.45) is 6.46. The van der Waals surface area contributed by atoms with Crippen LogP contribution in [0.2, 0.25) is 0 Å². The highest BCUT2D eigenvalue weighted by Gasteiger charge is 2.33. The third-order valence-electron chi connectivity index (χ3n) is 2.80. The van der Waals surface area contributed by atoms with E-state index in [9.17, 15) is 4.79 Å². The largest absolute Gasteiger partial charge is 0.303 e. The Morgan fingerprint density at radius 1 is 1.45 bits per heavy atom. The molecule has 1 aliphatic rings.